The first-order valence-corrected chi connectivity index (χ1v) is 6.03. The summed E-state index contributed by atoms with van der Waals surface area (Å²) in [5.41, 5.74) is 0.983. The van der Waals surface area contributed by atoms with Gasteiger partial charge >= 0.3 is 12.6 Å². The molecule has 1 saturated carbocycles. The van der Waals surface area contributed by atoms with E-state index in [4.69, 9.17) is 5.11 Å². The van der Waals surface area contributed by atoms with Crippen LogP contribution in [0, 0.1) is 18.3 Å². The van der Waals surface area contributed by atoms with Gasteiger partial charge in [-0.3, -0.25) is 4.79 Å². The van der Waals surface area contributed by atoms with Crippen molar-refractivity contribution >= 4 is 5.97 Å². The fourth-order valence-corrected chi connectivity index (χ4v) is 2.75. The zero-order valence-corrected chi connectivity index (χ0v) is 11.0. The molecule has 19 heavy (non-hydrogen) atoms. The lowest BCUT2D eigenvalue weighted by Crippen LogP contribution is -2.04. The molecule has 0 bridgehead atoms. The smallest absolute Gasteiger partial charge is 0.387 e. The molecule has 0 spiro atoms. The van der Waals surface area contributed by atoms with E-state index in [1.165, 1.54) is 6.07 Å². The van der Waals surface area contributed by atoms with E-state index in [0.717, 1.165) is 5.56 Å². The number of aryl methyl sites for hydroxylation is 1. The van der Waals surface area contributed by atoms with Crippen molar-refractivity contribution in [3.05, 3.63) is 29.3 Å². The maximum absolute atomic E-state index is 12.3. The standard InChI is InChI=1S/C14H16F2O3/c1-7-4-5-8(6-9(7)19-13(15)16)10-11(12(17)18)14(10,2)3/h4-6,10-11,13H,1-3H3,(H,17,18)/t10-,11+/m1/s1. The molecular formula is C14H16F2O3. The molecule has 1 fully saturated rings. The Bertz CT molecular complexity index is 511. The van der Waals surface area contributed by atoms with Gasteiger partial charge in [0.25, 0.3) is 0 Å². The Kier molecular flexibility index (Phi) is 3.24. The highest BCUT2D eigenvalue weighted by molar-refractivity contribution is 5.77. The first kappa shape index (κ1) is 13.8. The van der Waals surface area contributed by atoms with Crippen LogP contribution in [0.5, 0.6) is 5.75 Å². The maximum atomic E-state index is 12.3. The molecule has 1 N–H and O–H groups in total. The summed E-state index contributed by atoms with van der Waals surface area (Å²) in [6.45, 7) is 2.53. The molecule has 0 aliphatic heterocycles. The molecule has 2 atom stereocenters. The fraction of sp³-hybridized carbons (Fsp3) is 0.500. The van der Waals surface area contributed by atoms with Gasteiger partial charge in [0, 0.05) is 5.92 Å². The van der Waals surface area contributed by atoms with Crippen molar-refractivity contribution in [1.82, 2.24) is 0 Å². The first-order valence-electron chi connectivity index (χ1n) is 6.03. The number of alkyl halides is 2. The molecule has 0 heterocycles. The Morgan fingerprint density at radius 1 is 1.42 bits per heavy atom. The molecule has 1 aliphatic rings. The van der Waals surface area contributed by atoms with E-state index in [1.54, 1.807) is 19.1 Å². The van der Waals surface area contributed by atoms with Gasteiger partial charge in [0.05, 0.1) is 5.92 Å². The second kappa shape index (κ2) is 4.47. The number of benzene rings is 1. The van der Waals surface area contributed by atoms with Crippen molar-refractivity contribution in [2.24, 2.45) is 11.3 Å². The minimum atomic E-state index is -2.88. The second-order valence-corrected chi connectivity index (χ2v) is 5.52. The largest absolute Gasteiger partial charge is 0.481 e. The molecule has 0 aromatic heterocycles. The van der Waals surface area contributed by atoms with Crippen LogP contribution in [0.15, 0.2) is 18.2 Å². The highest BCUT2D eigenvalue weighted by Crippen LogP contribution is 2.64. The predicted octanol–water partition coefficient (Wildman–Crippen LogP) is 3.42. The summed E-state index contributed by atoms with van der Waals surface area (Å²) >= 11 is 0. The van der Waals surface area contributed by atoms with Crippen LogP contribution in [0.2, 0.25) is 0 Å². The maximum Gasteiger partial charge on any atom is 0.387 e. The van der Waals surface area contributed by atoms with Gasteiger partial charge in [-0.2, -0.15) is 8.78 Å². The number of carboxylic acid groups (broad SMARTS) is 1. The summed E-state index contributed by atoms with van der Waals surface area (Å²) in [6, 6.07) is 4.99. The number of aliphatic carboxylic acids is 1. The van der Waals surface area contributed by atoms with E-state index in [1.807, 2.05) is 13.8 Å². The SMILES string of the molecule is Cc1ccc([C@@H]2[C@@H](C(=O)O)C2(C)C)cc1OC(F)F. The van der Waals surface area contributed by atoms with Crippen LogP contribution in [0.4, 0.5) is 8.78 Å². The monoisotopic (exact) mass is 270 g/mol. The lowest BCUT2D eigenvalue weighted by molar-refractivity contribution is -0.139. The summed E-state index contributed by atoms with van der Waals surface area (Å²) in [6.07, 6.45) is 0. The molecular weight excluding hydrogens is 254 g/mol. The van der Waals surface area contributed by atoms with Crippen LogP contribution in [0.3, 0.4) is 0 Å². The van der Waals surface area contributed by atoms with E-state index in [2.05, 4.69) is 4.74 Å². The second-order valence-electron chi connectivity index (χ2n) is 5.52. The fourth-order valence-electron chi connectivity index (χ4n) is 2.75. The topological polar surface area (TPSA) is 46.5 Å². The van der Waals surface area contributed by atoms with Crippen LogP contribution < -0.4 is 4.74 Å². The summed E-state index contributed by atoms with van der Waals surface area (Å²) < 4.78 is 29.0. The lowest BCUT2D eigenvalue weighted by Gasteiger charge is -2.10. The zero-order chi connectivity index (χ0) is 14.4. The van der Waals surface area contributed by atoms with Crippen molar-refractivity contribution in [3.8, 4) is 5.75 Å². The van der Waals surface area contributed by atoms with Crippen molar-refractivity contribution in [2.45, 2.75) is 33.3 Å². The average Bonchev–Trinajstić information content (AvgIpc) is 2.84. The number of carbonyl (C=O) groups is 1. The third-order valence-electron chi connectivity index (χ3n) is 3.88. The van der Waals surface area contributed by atoms with E-state index < -0.39 is 18.5 Å². The van der Waals surface area contributed by atoms with Crippen molar-refractivity contribution < 1.29 is 23.4 Å². The molecule has 5 heteroatoms. The third kappa shape index (κ3) is 2.41. The Hall–Kier alpha value is -1.65. The molecule has 0 radical (unpaired) electrons. The van der Waals surface area contributed by atoms with E-state index in [-0.39, 0.29) is 17.1 Å². The van der Waals surface area contributed by atoms with E-state index in [9.17, 15) is 13.6 Å². The highest BCUT2D eigenvalue weighted by atomic mass is 19.3. The van der Waals surface area contributed by atoms with Crippen LogP contribution in [0.1, 0.15) is 30.9 Å². The number of hydrogen-bond acceptors (Lipinski definition) is 2. The van der Waals surface area contributed by atoms with Crippen LogP contribution in [-0.2, 0) is 4.79 Å². The summed E-state index contributed by atoms with van der Waals surface area (Å²) in [7, 11) is 0. The van der Waals surface area contributed by atoms with Gasteiger partial charge in [-0.1, -0.05) is 26.0 Å². The van der Waals surface area contributed by atoms with Gasteiger partial charge in [-0.15, -0.1) is 0 Å². The summed E-state index contributed by atoms with van der Waals surface area (Å²) in [5.74, 6) is -1.38. The Morgan fingerprint density at radius 2 is 2.05 bits per heavy atom. The number of ether oxygens (including phenoxy) is 1. The number of rotatable bonds is 4. The molecule has 1 aromatic carbocycles. The molecule has 2 rings (SSSR count). The average molecular weight is 270 g/mol. The van der Waals surface area contributed by atoms with Gasteiger partial charge < -0.3 is 9.84 Å². The van der Waals surface area contributed by atoms with Crippen molar-refractivity contribution in [2.75, 3.05) is 0 Å². The number of carboxylic acids is 1. The Morgan fingerprint density at radius 3 is 2.53 bits per heavy atom. The van der Waals surface area contributed by atoms with Crippen LogP contribution in [-0.4, -0.2) is 17.7 Å². The lowest BCUT2D eigenvalue weighted by atomic mass is 10.0. The van der Waals surface area contributed by atoms with Gasteiger partial charge in [0.1, 0.15) is 5.75 Å². The highest BCUT2D eigenvalue weighted by Gasteiger charge is 2.62. The molecule has 104 valence electrons. The summed E-state index contributed by atoms with van der Waals surface area (Å²) in [4.78, 5) is 11.1. The molecule has 3 nitrogen and oxygen atoms in total. The van der Waals surface area contributed by atoms with Gasteiger partial charge in [0.2, 0.25) is 0 Å². The molecule has 0 unspecified atom stereocenters. The van der Waals surface area contributed by atoms with Gasteiger partial charge in [-0.25, -0.2) is 0 Å². The zero-order valence-electron chi connectivity index (χ0n) is 11.0. The quantitative estimate of drug-likeness (QED) is 0.911. The third-order valence-corrected chi connectivity index (χ3v) is 3.88. The predicted molar refractivity (Wildman–Crippen MR) is 65.5 cm³/mol. The number of hydrogen-bond donors (Lipinski definition) is 1. The molecule has 1 aromatic rings. The molecule has 0 saturated heterocycles. The Labute approximate surface area is 110 Å². The minimum absolute atomic E-state index is 0.110. The van der Waals surface area contributed by atoms with Crippen molar-refractivity contribution in [3.63, 3.8) is 0 Å². The molecule has 1 aliphatic carbocycles. The van der Waals surface area contributed by atoms with Crippen LogP contribution in [0.25, 0.3) is 0 Å². The van der Waals surface area contributed by atoms with Crippen LogP contribution >= 0.6 is 0 Å². The van der Waals surface area contributed by atoms with Gasteiger partial charge in [-0.05, 0) is 29.5 Å². The molecule has 0 amide bonds. The normalized spacial score (nSPS) is 24.3. The minimum Gasteiger partial charge on any atom is -0.481 e. The van der Waals surface area contributed by atoms with E-state index >= 15 is 0 Å². The van der Waals surface area contributed by atoms with E-state index in [0.29, 0.717) is 5.56 Å². The van der Waals surface area contributed by atoms with Gasteiger partial charge in [0.15, 0.2) is 0 Å². The Balaban J connectivity index is 2.30. The first-order chi connectivity index (χ1) is 8.75. The van der Waals surface area contributed by atoms with Crippen molar-refractivity contribution in [1.29, 1.82) is 0 Å². The summed E-state index contributed by atoms with van der Waals surface area (Å²) in [5, 5.41) is 9.14. The number of halogens is 2.